The minimum atomic E-state index is 0.0676. The van der Waals surface area contributed by atoms with Crippen molar-refractivity contribution in [2.75, 3.05) is 19.8 Å². The molecule has 0 aliphatic carbocycles. The van der Waals surface area contributed by atoms with E-state index in [0.29, 0.717) is 25.3 Å². The predicted molar refractivity (Wildman–Crippen MR) is 90.0 cm³/mol. The standard InChI is InChI=1S/C18H16BrNO3/c19-15-3-1-12(2-4-15)18(21)20-6-5-13-9-16-17(10-14(13)11-20)23-8-7-22-16/h1-4,9-10H,5-8,11H2. The molecule has 2 aliphatic rings. The molecule has 5 heteroatoms. The molecule has 118 valence electrons. The molecule has 0 unspecified atom stereocenters. The summed E-state index contributed by atoms with van der Waals surface area (Å²) in [5.74, 6) is 1.67. The lowest BCUT2D eigenvalue weighted by Crippen LogP contribution is -2.36. The third-order valence-electron chi connectivity index (χ3n) is 4.26. The minimum Gasteiger partial charge on any atom is -0.486 e. The summed E-state index contributed by atoms with van der Waals surface area (Å²) in [6, 6.07) is 11.6. The number of amides is 1. The molecule has 2 aromatic carbocycles. The van der Waals surface area contributed by atoms with Crippen molar-refractivity contribution in [3.63, 3.8) is 0 Å². The molecule has 0 aromatic heterocycles. The molecule has 0 saturated carbocycles. The van der Waals surface area contributed by atoms with Gasteiger partial charge in [-0.05, 0) is 53.9 Å². The number of carbonyl (C=O) groups is 1. The fraction of sp³-hybridized carbons (Fsp3) is 0.278. The van der Waals surface area contributed by atoms with Gasteiger partial charge in [0.2, 0.25) is 0 Å². The molecule has 0 saturated heterocycles. The molecule has 0 bridgehead atoms. The zero-order valence-corrected chi connectivity index (χ0v) is 14.1. The number of rotatable bonds is 1. The Labute approximate surface area is 143 Å². The van der Waals surface area contributed by atoms with Gasteiger partial charge >= 0.3 is 0 Å². The van der Waals surface area contributed by atoms with E-state index in [-0.39, 0.29) is 5.91 Å². The first-order valence-electron chi connectivity index (χ1n) is 7.67. The van der Waals surface area contributed by atoms with Gasteiger partial charge in [0.25, 0.3) is 5.91 Å². The number of halogens is 1. The summed E-state index contributed by atoms with van der Waals surface area (Å²) in [5, 5.41) is 0. The largest absolute Gasteiger partial charge is 0.486 e. The molecule has 2 aromatic rings. The maximum absolute atomic E-state index is 12.7. The molecule has 23 heavy (non-hydrogen) atoms. The highest BCUT2D eigenvalue weighted by atomic mass is 79.9. The van der Waals surface area contributed by atoms with E-state index >= 15 is 0 Å². The first-order valence-corrected chi connectivity index (χ1v) is 8.46. The summed E-state index contributed by atoms with van der Waals surface area (Å²) >= 11 is 3.40. The number of nitrogens with zero attached hydrogens (tertiary/aromatic N) is 1. The summed E-state index contributed by atoms with van der Waals surface area (Å²) in [7, 11) is 0. The van der Waals surface area contributed by atoms with Gasteiger partial charge in [0.1, 0.15) is 13.2 Å². The van der Waals surface area contributed by atoms with E-state index < -0.39 is 0 Å². The van der Waals surface area contributed by atoms with Gasteiger partial charge < -0.3 is 14.4 Å². The van der Waals surface area contributed by atoms with Gasteiger partial charge in [-0.1, -0.05) is 15.9 Å². The van der Waals surface area contributed by atoms with Crippen LogP contribution in [0.2, 0.25) is 0 Å². The van der Waals surface area contributed by atoms with Crippen LogP contribution in [0.3, 0.4) is 0 Å². The second-order valence-corrected chi connectivity index (χ2v) is 6.66. The lowest BCUT2D eigenvalue weighted by molar-refractivity contribution is 0.0734. The van der Waals surface area contributed by atoms with E-state index in [4.69, 9.17) is 9.47 Å². The Hall–Kier alpha value is -2.01. The molecular formula is C18H16BrNO3. The molecule has 0 atom stereocenters. The zero-order valence-electron chi connectivity index (χ0n) is 12.5. The minimum absolute atomic E-state index is 0.0676. The summed E-state index contributed by atoms with van der Waals surface area (Å²) in [6.45, 7) is 2.51. The van der Waals surface area contributed by atoms with E-state index in [1.54, 1.807) is 0 Å². The Morgan fingerprint density at radius 1 is 1.00 bits per heavy atom. The van der Waals surface area contributed by atoms with Crippen LogP contribution in [0.25, 0.3) is 0 Å². The second kappa shape index (κ2) is 5.89. The summed E-state index contributed by atoms with van der Waals surface area (Å²) in [6.07, 6.45) is 0.842. The Morgan fingerprint density at radius 3 is 2.35 bits per heavy atom. The second-order valence-electron chi connectivity index (χ2n) is 5.75. The zero-order chi connectivity index (χ0) is 15.8. The number of ether oxygens (including phenoxy) is 2. The normalized spacial score (nSPS) is 16.0. The molecule has 2 heterocycles. The van der Waals surface area contributed by atoms with Gasteiger partial charge in [0.05, 0.1) is 0 Å². The lowest BCUT2D eigenvalue weighted by atomic mass is 9.98. The molecule has 2 aliphatic heterocycles. The molecule has 4 nitrogen and oxygen atoms in total. The van der Waals surface area contributed by atoms with Crippen LogP contribution < -0.4 is 9.47 Å². The van der Waals surface area contributed by atoms with Crippen molar-refractivity contribution in [2.24, 2.45) is 0 Å². The Balaban J connectivity index is 1.58. The maximum atomic E-state index is 12.7. The van der Waals surface area contributed by atoms with Crippen molar-refractivity contribution >= 4 is 21.8 Å². The summed E-state index contributed by atoms with van der Waals surface area (Å²) < 4.78 is 12.3. The predicted octanol–water partition coefficient (Wildman–Crippen LogP) is 3.42. The van der Waals surface area contributed by atoms with E-state index in [2.05, 4.69) is 22.0 Å². The molecule has 0 radical (unpaired) electrons. The van der Waals surface area contributed by atoms with Gasteiger partial charge in [0, 0.05) is 23.1 Å². The summed E-state index contributed by atoms with van der Waals surface area (Å²) in [4.78, 5) is 14.6. The topological polar surface area (TPSA) is 38.8 Å². The van der Waals surface area contributed by atoms with Crippen LogP contribution in [0.4, 0.5) is 0 Å². The Morgan fingerprint density at radius 2 is 1.65 bits per heavy atom. The van der Waals surface area contributed by atoms with Gasteiger partial charge in [-0.2, -0.15) is 0 Å². The summed E-state index contributed by atoms with van der Waals surface area (Å²) in [5.41, 5.74) is 3.11. The fourth-order valence-electron chi connectivity index (χ4n) is 3.04. The monoisotopic (exact) mass is 373 g/mol. The highest BCUT2D eigenvalue weighted by molar-refractivity contribution is 9.10. The van der Waals surface area contributed by atoms with Crippen LogP contribution >= 0.6 is 15.9 Å². The van der Waals surface area contributed by atoms with Crippen LogP contribution in [0.15, 0.2) is 40.9 Å². The number of fused-ring (bicyclic) bond motifs is 2. The first-order chi connectivity index (χ1) is 11.2. The average molecular weight is 374 g/mol. The number of hydrogen-bond donors (Lipinski definition) is 0. The first kappa shape index (κ1) is 14.6. The SMILES string of the molecule is O=C(c1ccc(Br)cc1)N1CCc2cc3c(cc2C1)OCCO3. The number of benzene rings is 2. The van der Waals surface area contributed by atoms with Crippen LogP contribution in [0, 0.1) is 0 Å². The lowest BCUT2D eigenvalue weighted by Gasteiger charge is -2.30. The Kier molecular flexibility index (Phi) is 3.73. The molecule has 0 N–H and O–H groups in total. The molecule has 1 amide bonds. The van der Waals surface area contributed by atoms with Gasteiger partial charge in [-0.15, -0.1) is 0 Å². The van der Waals surface area contributed by atoms with Crippen LogP contribution in [-0.4, -0.2) is 30.6 Å². The van der Waals surface area contributed by atoms with E-state index in [1.165, 1.54) is 5.56 Å². The van der Waals surface area contributed by atoms with Crippen LogP contribution in [-0.2, 0) is 13.0 Å². The smallest absolute Gasteiger partial charge is 0.254 e. The quantitative estimate of drug-likeness (QED) is 0.768. The van der Waals surface area contributed by atoms with Crippen molar-refractivity contribution in [1.29, 1.82) is 0 Å². The van der Waals surface area contributed by atoms with Crippen LogP contribution in [0.5, 0.6) is 11.5 Å². The number of carbonyl (C=O) groups excluding carboxylic acids is 1. The van der Waals surface area contributed by atoms with E-state index in [9.17, 15) is 4.79 Å². The fourth-order valence-corrected chi connectivity index (χ4v) is 3.31. The third-order valence-corrected chi connectivity index (χ3v) is 4.78. The molecule has 0 spiro atoms. The highest BCUT2D eigenvalue weighted by Crippen LogP contribution is 2.35. The van der Waals surface area contributed by atoms with Gasteiger partial charge in [-0.25, -0.2) is 0 Å². The van der Waals surface area contributed by atoms with Crippen molar-refractivity contribution < 1.29 is 14.3 Å². The number of hydrogen-bond acceptors (Lipinski definition) is 3. The third kappa shape index (κ3) is 2.81. The van der Waals surface area contributed by atoms with Crippen molar-refractivity contribution in [2.45, 2.75) is 13.0 Å². The molecule has 4 rings (SSSR count). The van der Waals surface area contributed by atoms with Crippen LogP contribution in [0.1, 0.15) is 21.5 Å². The maximum Gasteiger partial charge on any atom is 0.254 e. The molecule has 0 fully saturated rings. The van der Waals surface area contributed by atoms with Crippen molar-refractivity contribution in [3.8, 4) is 11.5 Å². The van der Waals surface area contributed by atoms with E-state index in [0.717, 1.165) is 34.5 Å². The average Bonchev–Trinajstić information content (AvgIpc) is 2.59. The highest BCUT2D eigenvalue weighted by Gasteiger charge is 2.24. The van der Waals surface area contributed by atoms with Gasteiger partial charge in [0.15, 0.2) is 11.5 Å². The van der Waals surface area contributed by atoms with Crippen molar-refractivity contribution in [3.05, 3.63) is 57.6 Å². The molecular weight excluding hydrogens is 358 g/mol. The Bertz CT molecular complexity index is 758. The van der Waals surface area contributed by atoms with Crippen molar-refractivity contribution in [1.82, 2.24) is 4.90 Å². The van der Waals surface area contributed by atoms with E-state index in [1.807, 2.05) is 35.2 Å². The van der Waals surface area contributed by atoms with Gasteiger partial charge in [-0.3, -0.25) is 4.79 Å².